The van der Waals surface area contributed by atoms with Crippen molar-refractivity contribution in [1.29, 1.82) is 0 Å². The molecule has 1 aliphatic rings. The minimum absolute atomic E-state index is 0.0380. The number of hydrogen-bond acceptors (Lipinski definition) is 4. The zero-order chi connectivity index (χ0) is 21.9. The zero-order valence-electron chi connectivity index (χ0n) is 18.6. The first kappa shape index (κ1) is 23.7. The molecule has 0 saturated heterocycles. The van der Waals surface area contributed by atoms with Crippen molar-refractivity contribution in [3.63, 3.8) is 0 Å². The van der Waals surface area contributed by atoms with E-state index in [-0.39, 0.29) is 17.5 Å². The van der Waals surface area contributed by atoms with Gasteiger partial charge in [0, 0.05) is 29.4 Å². The van der Waals surface area contributed by atoms with Crippen LogP contribution in [-0.2, 0) is 10.0 Å². The molecule has 1 saturated carbocycles. The minimum atomic E-state index is -3.29. The van der Waals surface area contributed by atoms with Gasteiger partial charge in [-0.1, -0.05) is 0 Å². The summed E-state index contributed by atoms with van der Waals surface area (Å²) in [5.41, 5.74) is 1.39. The third-order valence-corrected chi connectivity index (χ3v) is 7.46. The van der Waals surface area contributed by atoms with Crippen LogP contribution in [-0.4, -0.2) is 37.2 Å². The van der Waals surface area contributed by atoms with Crippen LogP contribution in [0.2, 0.25) is 0 Å². The SMILES string of the molecule is CC(C)(C)NC(=O)c1ccc(NCC2CCC(NS(=O)(=O)C(C)(C)C)CC2)cc1. The van der Waals surface area contributed by atoms with Crippen LogP contribution in [0, 0.1) is 5.92 Å². The third kappa shape index (κ3) is 7.30. The Balaban J connectivity index is 1.79. The van der Waals surface area contributed by atoms with Gasteiger partial charge in [-0.2, -0.15) is 0 Å². The molecule has 0 heterocycles. The maximum Gasteiger partial charge on any atom is 0.251 e. The quantitative estimate of drug-likeness (QED) is 0.647. The Bertz CT molecular complexity index is 782. The molecule has 0 aromatic heterocycles. The van der Waals surface area contributed by atoms with E-state index in [1.54, 1.807) is 20.8 Å². The normalized spacial score (nSPS) is 20.9. The van der Waals surface area contributed by atoms with E-state index in [1.165, 1.54) is 0 Å². The van der Waals surface area contributed by atoms with E-state index < -0.39 is 14.8 Å². The number of rotatable bonds is 6. The van der Waals surface area contributed by atoms with Gasteiger partial charge in [-0.05, 0) is 97.4 Å². The summed E-state index contributed by atoms with van der Waals surface area (Å²) in [5, 5.41) is 6.41. The first-order valence-corrected chi connectivity index (χ1v) is 11.9. The summed E-state index contributed by atoms with van der Waals surface area (Å²) in [7, 11) is -3.29. The van der Waals surface area contributed by atoms with Crippen molar-refractivity contribution in [2.75, 3.05) is 11.9 Å². The van der Waals surface area contributed by atoms with Gasteiger partial charge in [-0.15, -0.1) is 0 Å². The van der Waals surface area contributed by atoms with Gasteiger partial charge >= 0.3 is 0 Å². The predicted octanol–water partition coefficient (Wildman–Crippen LogP) is 3.90. The number of carbonyl (C=O) groups is 1. The summed E-state index contributed by atoms with van der Waals surface area (Å²) < 4.78 is 26.7. The predicted molar refractivity (Wildman–Crippen MR) is 120 cm³/mol. The molecule has 3 N–H and O–H groups in total. The van der Waals surface area contributed by atoms with Gasteiger partial charge in [0.2, 0.25) is 10.0 Å². The molecule has 1 amide bonds. The van der Waals surface area contributed by atoms with E-state index in [0.29, 0.717) is 11.5 Å². The van der Waals surface area contributed by atoms with E-state index in [0.717, 1.165) is 37.9 Å². The Morgan fingerprint density at radius 3 is 2.00 bits per heavy atom. The van der Waals surface area contributed by atoms with Crippen molar-refractivity contribution in [3.05, 3.63) is 29.8 Å². The Kier molecular flexibility index (Phi) is 7.38. The minimum Gasteiger partial charge on any atom is -0.385 e. The molecule has 6 nitrogen and oxygen atoms in total. The molecule has 0 atom stereocenters. The van der Waals surface area contributed by atoms with E-state index in [2.05, 4.69) is 15.4 Å². The molecule has 7 heteroatoms. The van der Waals surface area contributed by atoms with Crippen molar-refractivity contribution in [2.45, 2.75) is 83.6 Å². The molecule has 1 aromatic rings. The van der Waals surface area contributed by atoms with Crippen LogP contribution < -0.4 is 15.4 Å². The highest BCUT2D eigenvalue weighted by Crippen LogP contribution is 2.26. The van der Waals surface area contributed by atoms with E-state index in [1.807, 2.05) is 45.0 Å². The number of hydrogen-bond donors (Lipinski definition) is 3. The standard InChI is InChI=1S/C22H37N3O3S/c1-21(2,3)24-20(26)17-9-13-18(14-10-17)23-15-16-7-11-19(12-8-16)25-29(27,28)22(4,5)6/h9-10,13-14,16,19,23,25H,7-8,11-12,15H2,1-6H3,(H,24,26). The average molecular weight is 424 g/mol. The highest BCUT2D eigenvalue weighted by atomic mass is 32.2. The van der Waals surface area contributed by atoms with Gasteiger partial charge in [-0.25, -0.2) is 13.1 Å². The number of nitrogens with one attached hydrogen (secondary N) is 3. The van der Waals surface area contributed by atoms with Gasteiger partial charge in [0.1, 0.15) is 0 Å². The van der Waals surface area contributed by atoms with E-state index in [4.69, 9.17) is 0 Å². The lowest BCUT2D eigenvalue weighted by Crippen LogP contribution is -2.46. The van der Waals surface area contributed by atoms with Crippen LogP contribution in [0.5, 0.6) is 0 Å². The lowest BCUT2D eigenvalue weighted by molar-refractivity contribution is 0.0919. The number of anilines is 1. The molecule has 0 spiro atoms. The van der Waals surface area contributed by atoms with Crippen LogP contribution in [0.4, 0.5) is 5.69 Å². The largest absolute Gasteiger partial charge is 0.385 e. The Morgan fingerprint density at radius 2 is 1.52 bits per heavy atom. The smallest absolute Gasteiger partial charge is 0.251 e. The molecule has 164 valence electrons. The number of benzene rings is 1. The van der Waals surface area contributed by atoms with Gasteiger partial charge in [0.15, 0.2) is 0 Å². The summed E-state index contributed by atoms with van der Waals surface area (Å²) in [6.45, 7) is 11.9. The van der Waals surface area contributed by atoms with Crippen molar-refractivity contribution in [2.24, 2.45) is 5.92 Å². The first-order chi connectivity index (χ1) is 13.3. The maximum atomic E-state index is 12.3. The fourth-order valence-electron chi connectivity index (χ4n) is 3.30. The zero-order valence-corrected chi connectivity index (χ0v) is 19.4. The monoisotopic (exact) mass is 423 g/mol. The van der Waals surface area contributed by atoms with Crippen molar-refractivity contribution in [3.8, 4) is 0 Å². The van der Waals surface area contributed by atoms with E-state index in [9.17, 15) is 13.2 Å². The highest BCUT2D eigenvalue weighted by Gasteiger charge is 2.32. The van der Waals surface area contributed by atoms with Gasteiger partial charge in [0.05, 0.1) is 4.75 Å². The first-order valence-electron chi connectivity index (χ1n) is 10.5. The topological polar surface area (TPSA) is 87.3 Å². The second kappa shape index (κ2) is 9.04. The second-order valence-electron chi connectivity index (χ2n) is 10.1. The summed E-state index contributed by atoms with van der Waals surface area (Å²) in [5.74, 6) is 0.453. The van der Waals surface area contributed by atoms with Crippen molar-refractivity contribution in [1.82, 2.24) is 10.0 Å². The molecule has 1 fully saturated rings. The maximum absolute atomic E-state index is 12.3. The van der Waals surface area contributed by atoms with Crippen LogP contribution >= 0.6 is 0 Å². The Morgan fingerprint density at radius 1 is 0.966 bits per heavy atom. The summed E-state index contributed by atoms with van der Waals surface area (Å²) in [6.07, 6.45) is 3.73. The van der Waals surface area contributed by atoms with Crippen LogP contribution in [0.3, 0.4) is 0 Å². The van der Waals surface area contributed by atoms with Crippen molar-refractivity contribution >= 4 is 21.6 Å². The second-order valence-corrected chi connectivity index (χ2v) is 12.6. The van der Waals surface area contributed by atoms with Crippen molar-refractivity contribution < 1.29 is 13.2 Å². The highest BCUT2D eigenvalue weighted by molar-refractivity contribution is 7.90. The molecule has 29 heavy (non-hydrogen) atoms. The summed E-state index contributed by atoms with van der Waals surface area (Å²) in [4.78, 5) is 12.2. The number of sulfonamides is 1. The van der Waals surface area contributed by atoms with Gasteiger partial charge in [0.25, 0.3) is 5.91 Å². The molecule has 0 bridgehead atoms. The fourth-order valence-corrected chi connectivity index (χ4v) is 4.32. The molecular formula is C22H37N3O3S. The van der Waals surface area contributed by atoms with Gasteiger partial charge in [-0.3, -0.25) is 4.79 Å². The van der Waals surface area contributed by atoms with Crippen LogP contribution in [0.25, 0.3) is 0 Å². The molecule has 0 radical (unpaired) electrons. The molecular weight excluding hydrogens is 386 g/mol. The van der Waals surface area contributed by atoms with Crippen LogP contribution in [0.1, 0.15) is 77.6 Å². The lowest BCUT2D eigenvalue weighted by Gasteiger charge is -2.31. The summed E-state index contributed by atoms with van der Waals surface area (Å²) in [6, 6.07) is 7.57. The molecule has 2 rings (SSSR count). The Hall–Kier alpha value is -1.60. The fraction of sp³-hybridized carbons (Fsp3) is 0.682. The van der Waals surface area contributed by atoms with Gasteiger partial charge < -0.3 is 10.6 Å². The molecule has 0 aliphatic heterocycles. The van der Waals surface area contributed by atoms with E-state index >= 15 is 0 Å². The lowest BCUT2D eigenvalue weighted by atomic mass is 9.86. The number of amides is 1. The Labute approximate surface area is 176 Å². The third-order valence-electron chi connectivity index (χ3n) is 5.21. The molecule has 1 aliphatic carbocycles. The molecule has 1 aromatic carbocycles. The average Bonchev–Trinajstić information content (AvgIpc) is 2.59. The summed E-state index contributed by atoms with van der Waals surface area (Å²) >= 11 is 0. The van der Waals surface area contributed by atoms with Crippen LogP contribution in [0.15, 0.2) is 24.3 Å². The molecule has 0 unspecified atom stereocenters. The number of carbonyl (C=O) groups excluding carboxylic acids is 1.